The standard InChI is InChI=1S/C24H34N2O3S/c1-7-23(21-11-10-19(4)20(5)16-21)25-24(27)9-8-12-26(30(6,28)29)22-14-17(2)13-18(3)15-22/h10-11,13-16,23H,7-9,12H2,1-6H3,(H,25,27)/t23-/m0/s1. The van der Waals surface area contributed by atoms with Gasteiger partial charge < -0.3 is 5.32 Å². The quantitative estimate of drug-likeness (QED) is 0.625. The molecule has 0 aliphatic carbocycles. The van der Waals surface area contributed by atoms with Crippen LogP contribution in [0.1, 0.15) is 60.0 Å². The van der Waals surface area contributed by atoms with Crippen LogP contribution in [0.25, 0.3) is 0 Å². The van der Waals surface area contributed by atoms with Crippen LogP contribution in [0.5, 0.6) is 0 Å². The Morgan fingerprint density at radius 2 is 1.63 bits per heavy atom. The minimum absolute atomic E-state index is 0.0396. The Hall–Kier alpha value is -2.34. The second-order valence-electron chi connectivity index (χ2n) is 8.16. The molecule has 0 spiro atoms. The third kappa shape index (κ3) is 6.59. The summed E-state index contributed by atoms with van der Waals surface area (Å²) in [5.41, 5.74) is 6.20. The van der Waals surface area contributed by atoms with Crippen LogP contribution in [0, 0.1) is 27.7 Å². The normalized spacial score (nSPS) is 12.5. The van der Waals surface area contributed by atoms with Crippen LogP contribution >= 0.6 is 0 Å². The molecule has 0 saturated carbocycles. The molecule has 2 aromatic rings. The molecule has 6 heteroatoms. The van der Waals surface area contributed by atoms with E-state index >= 15 is 0 Å². The third-order valence-corrected chi connectivity index (χ3v) is 6.53. The molecule has 30 heavy (non-hydrogen) atoms. The number of carbonyl (C=O) groups is 1. The van der Waals surface area contributed by atoms with Crippen LogP contribution in [0.3, 0.4) is 0 Å². The molecule has 0 heterocycles. The van der Waals surface area contributed by atoms with E-state index in [1.807, 2.05) is 39.0 Å². The molecule has 0 unspecified atom stereocenters. The fourth-order valence-electron chi connectivity index (χ4n) is 3.63. The van der Waals surface area contributed by atoms with Gasteiger partial charge in [0.05, 0.1) is 18.0 Å². The fraction of sp³-hybridized carbons (Fsp3) is 0.458. The first-order valence-corrected chi connectivity index (χ1v) is 12.3. The number of nitrogens with one attached hydrogen (secondary N) is 1. The molecule has 164 valence electrons. The number of nitrogens with zero attached hydrogens (tertiary/aromatic N) is 1. The second kappa shape index (κ2) is 10.1. The molecule has 0 radical (unpaired) electrons. The maximum absolute atomic E-state index is 12.5. The van der Waals surface area contributed by atoms with Crippen molar-refractivity contribution >= 4 is 21.6 Å². The van der Waals surface area contributed by atoms with E-state index in [1.54, 1.807) is 0 Å². The first-order valence-electron chi connectivity index (χ1n) is 10.4. The Bertz CT molecular complexity index is 979. The number of hydrogen-bond acceptors (Lipinski definition) is 3. The SMILES string of the molecule is CC[C@H](NC(=O)CCCN(c1cc(C)cc(C)c1)S(C)(=O)=O)c1ccc(C)c(C)c1. The number of anilines is 1. The summed E-state index contributed by atoms with van der Waals surface area (Å²) in [5.74, 6) is -0.0612. The summed E-state index contributed by atoms with van der Waals surface area (Å²) >= 11 is 0. The van der Waals surface area contributed by atoms with E-state index in [2.05, 4.69) is 37.4 Å². The number of aryl methyl sites for hydroxylation is 4. The van der Waals surface area contributed by atoms with Crippen LogP contribution in [-0.4, -0.2) is 27.1 Å². The van der Waals surface area contributed by atoms with Gasteiger partial charge in [0.25, 0.3) is 0 Å². The first kappa shape index (κ1) is 23.9. The molecular formula is C24H34N2O3S. The highest BCUT2D eigenvalue weighted by Gasteiger charge is 2.19. The maximum Gasteiger partial charge on any atom is 0.232 e. The molecular weight excluding hydrogens is 396 g/mol. The highest BCUT2D eigenvalue weighted by molar-refractivity contribution is 7.92. The van der Waals surface area contributed by atoms with Crippen molar-refractivity contribution in [2.24, 2.45) is 0 Å². The first-order chi connectivity index (χ1) is 14.0. The van der Waals surface area contributed by atoms with Gasteiger partial charge in [-0.05, 0) is 80.5 Å². The van der Waals surface area contributed by atoms with Gasteiger partial charge in [-0.15, -0.1) is 0 Å². The zero-order valence-electron chi connectivity index (χ0n) is 19.0. The van der Waals surface area contributed by atoms with Crippen molar-refractivity contribution in [1.82, 2.24) is 5.32 Å². The van der Waals surface area contributed by atoms with Gasteiger partial charge >= 0.3 is 0 Å². The Morgan fingerprint density at radius 3 is 2.17 bits per heavy atom. The number of amides is 1. The van der Waals surface area contributed by atoms with Gasteiger partial charge in [-0.1, -0.05) is 31.2 Å². The van der Waals surface area contributed by atoms with Crippen LogP contribution in [0.15, 0.2) is 36.4 Å². The second-order valence-corrected chi connectivity index (χ2v) is 10.1. The third-order valence-electron chi connectivity index (χ3n) is 5.34. The summed E-state index contributed by atoms with van der Waals surface area (Å²) in [7, 11) is -3.43. The van der Waals surface area contributed by atoms with E-state index in [9.17, 15) is 13.2 Å². The fourth-order valence-corrected chi connectivity index (χ4v) is 4.58. The zero-order valence-corrected chi connectivity index (χ0v) is 19.8. The highest BCUT2D eigenvalue weighted by Crippen LogP contribution is 2.23. The van der Waals surface area contributed by atoms with Gasteiger partial charge in [-0.25, -0.2) is 8.42 Å². The maximum atomic E-state index is 12.5. The number of hydrogen-bond donors (Lipinski definition) is 1. The van der Waals surface area contributed by atoms with Gasteiger partial charge in [0, 0.05) is 13.0 Å². The number of benzene rings is 2. The molecule has 0 saturated heterocycles. The summed E-state index contributed by atoms with van der Waals surface area (Å²) in [4.78, 5) is 12.5. The summed E-state index contributed by atoms with van der Waals surface area (Å²) in [6, 6.07) is 11.9. The largest absolute Gasteiger partial charge is 0.349 e. The number of rotatable bonds is 9. The van der Waals surface area contributed by atoms with Crippen molar-refractivity contribution in [3.63, 3.8) is 0 Å². The molecule has 0 aliphatic rings. The molecule has 0 bridgehead atoms. The number of carbonyl (C=O) groups excluding carboxylic acids is 1. The molecule has 1 atom stereocenters. The monoisotopic (exact) mass is 430 g/mol. The van der Waals surface area contributed by atoms with Crippen LogP contribution < -0.4 is 9.62 Å². The lowest BCUT2D eigenvalue weighted by Gasteiger charge is -2.24. The average Bonchev–Trinajstić information content (AvgIpc) is 2.63. The number of sulfonamides is 1. The molecule has 2 rings (SSSR count). The van der Waals surface area contributed by atoms with E-state index in [0.717, 1.165) is 23.1 Å². The lowest BCUT2D eigenvalue weighted by molar-refractivity contribution is -0.121. The predicted octanol–water partition coefficient (Wildman–Crippen LogP) is 4.73. The van der Waals surface area contributed by atoms with Crippen LogP contribution in [-0.2, 0) is 14.8 Å². The Balaban J connectivity index is 2.02. The smallest absolute Gasteiger partial charge is 0.232 e. The van der Waals surface area contributed by atoms with Gasteiger partial charge in [-0.2, -0.15) is 0 Å². The average molecular weight is 431 g/mol. The van der Waals surface area contributed by atoms with Gasteiger partial charge in [-0.3, -0.25) is 9.10 Å². The molecule has 1 amide bonds. The Labute approximate surface area is 181 Å². The molecule has 0 aromatic heterocycles. The minimum Gasteiger partial charge on any atom is -0.349 e. The van der Waals surface area contributed by atoms with E-state index in [1.165, 1.54) is 21.7 Å². The molecule has 1 N–H and O–H groups in total. The lowest BCUT2D eigenvalue weighted by Crippen LogP contribution is -2.33. The van der Waals surface area contributed by atoms with Crippen molar-refractivity contribution in [2.45, 2.75) is 59.9 Å². The van der Waals surface area contributed by atoms with E-state index in [0.29, 0.717) is 12.1 Å². The van der Waals surface area contributed by atoms with Crippen molar-refractivity contribution < 1.29 is 13.2 Å². The summed E-state index contributed by atoms with van der Waals surface area (Å²) in [6.07, 6.45) is 2.73. The highest BCUT2D eigenvalue weighted by atomic mass is 32.2. The Kier molecular flexibility index (Phi) is 8.07. The summed E-state index contributed by atoms with van der Waals surface area (Å²) in [6.45, 7) is 10.4. The van der Waals surface area contributed by atoms with Crippen molar-refractivity contribution in [3.05, 3.63) is 64.2 Å². The van der Waals surface area contributed by atoms with Gasteiger partial charge in [0.1, 0.15) is 0 Å². The minimum atomic E-state index is -3.43. The molecule has 5 nitrogen and oxygen atoms in total. The molecule has 0 fully saturated rings. The van der Waals surface area contributed by atoms with Crippen molar-refractivity contribution in [1.29, 1.82) is 0 Å². The topological polar surface area (TPSA) is 66.5 Å². The van der Waals surface area contributed by atoms with E-state index < -0.39 is 10.0 Å². The summed E-state index contributed by atoms with van der Waals surface area (Å²) in [5, 5.41) is 3.09. The van der Waals surface area contributed by atoms with Crippen molar-refractivity contribution in [3.8, 4) is 0 Å². The van der Waals surface area contributed by atoms with Gasteiger partial charge in [0.15, 0.2) is 0 Å². The van der Waals surface area contributed by atoms with Gasteiger partial charge in [0.2, 0.25) is 15.9 Å². The Morgan fingerprint density at radius 1 is 1.00 bits per heavy atom. The van der Waals surface area contributed by atoms with E-state index in [-0.39, 0.29) is 24.9 Å². The lowest BCUT2D eigenvalue weighted by atomic mass is 9.99. The predicted molar refractivity (Wildman–Crippen MR) is 124 cm³/mol. The molecule has 0 aliphatic heterocycles. The van der Waals surface area contributed by atoms with Crippen LogP contribution in [0.2, 0.25) is 0 Å². The zero-order chi connectivity index (χ0) is 22.5. The van der Waals surface area contributed by atoms with Crippen LogP contribution in [0.4, 0.5) is 5.69 Å². The van der Waals surface area contributed by atoms with Crippen molar-refractivity contribution in [2.75, 3.05) is 17.1 Å². The molecule has 2 aromatic carbocycles. The van der Waals surface area contributed by atoms with E-state index in [4.69, 9.17) is 0 Å². The summed E-state index contributed by atoms with van der Waals surface area (Å²) < 4.78 is 26.0.